The smallest absolute Gasteiger partial charge is 0.214 e. The molecule has 0 aliphatic heterocycles. The molecule has 6 heteroatoms. The molecule has 0 N–H and O–H groups in total. The van der Waals surface area contributed by atoms with Crippen molar-refractivity contribution in [2.24, 2.45) is 0 Å². The summed E-state index contributed by atoms with van der Waals surface area (Å²) in [5.74, 6) is 0.330. The first-order valence-electron chi connectivity index (χ1n) is 5.91. The molecule has 0 aliphatic carbocycles. The molecule has 0 spiro atoms. The predicted molar refractivity (Wildman–Crippen MR) is 72.9 cm³/mol. The summed E-state index contributed by atoms with van der Waals surface area (Å²) in [6, 6.07) is 7.73. The number of nitriles is 1. The molecular formula is C13H11N5S. The molecular weight excluding hydrogens is 258 g/mol. The first-order valence-corrected chi connectivity index (χ1v) is 6.73. The maximum absolute atomic E-state index is 9.34. The zero-order chi connectivity index (χ0) is 13.4. The molecule has 5 nitrogen and oxygen atoms in total. The topological polar surface area (TPSA) is 66.9 Å². The lowest BCUT2D eigenvalue weighted by Crippen LogP contribution is -1.94. The van der Waals surface area contributed by atoms with Gasteiger partial charge in [-0.25, -0.2) is 4.98 Å². The summed E-state index contributed by atoms with van der Waals surface area (Å²) in [5, 5.41) is 14.8. The molecule has 0 saturated heterocycles. The van der Waals surface area contributed by atoms with Gasteiger partial charge >= 0.3 is 0 Å². The number of hydrogen-bond donors (Lipinski definition) is 0. The van der Waals surface area contributed by atoms with Crippen molar-refractivity contribution in [3.8, 4) is 17.5 Å². The summed E-state index contributed by atoms with van der Waals surface area (Å²) < 4.78 is 1.62. The largest absolute Gasteiger partial charge is 0.255 e. The Bertz CT molecular complexity index is 764. The Morgan fingerprint density at radius 2 is 2.21 bits per heavy atom. The molecule has 0 saturated carbocycles. The number of nitrogens with zero attached hydrogens (tertiary/aromatic N) is 5. The minimum absolute atomic E-state index is 0.330. The lowest BCUT2D eigenvalue weighted by molar-refractivity contribution is 0.798. The minimum atomic E-state index is 0.330. The summed E-state index contributed by atoms with van der Waals surface area (Å²) >= 11 is 1.51. The third-order valence-electron chi connectivity index (χ3n) is 2.73. The average molecular weight is 269 g/mol. The van der Waals surface area contributed by atoms with Crippen LogP contribution >= 0.6 is 11.3 Å². The van der Waals surface area contributed by atoms with Gasteiger partial charge in [-0.15, -0.1) is 0 Å². The molecule has 0 radical (unpaired) electrons. The van der Waals surface area contributed by atoms with Gasteiger partial charge < -0.3 is 0 Å². The molecule has 3 rings (SSSR count). The van der Waals surface area contributed by atoms with E-state index in [1.165, 1.54) is 11.3 Å². The number of imidazole rings is 1. The molecule has 0 fully saturated rings. The highest BCUT2D eigenvalue weighted by atomic mass is 32.1. The van der Waals surface area contributed by atoms with E-state index in [0.717, 1.165) is 9.97 Å². The van der Waals surface area contributed by atoms with Crippen LogP contribution in [0.2, 0.25) is 0 Å². The molecule has 3 aromatic heterocycles. The van der Waals surface area contributed by atoms with E-state index in [4.69, 9.17) is 0 Å². The second kappa shape index (κ2) is 4.44. The van der Waals surface area contributed by atoms with Crippen LogP contribution in [0, 0.1) is 11.3 Å². The Labute approximate surface area is 114 Å². The second-order valence-corrected chi connectivity index (χ2v) is 5.41. The number of pyridine rings is 1. The SMILES string of the molecule is CC(C)c1nn2c(C#N)c(-c3ccccn3)nc2s1. The molecule has 19 heavy (non-hydrogen) atoms. The number of fused-ring (bicyclic) bond motifs is 1. The van der Waals surface area contributed by atoms with Gasteiger partial charge in [-0.3, -0.25) is 4.98 Å². The van der Waals surface area contributed by atoms with Gasteiger partial charge in [-0.05, 0) is 12.1 Å². The third-order valence-corrected chi connectivity index (χ3v) is 3.94. The molecule has 0 unspecified atom stereocenters. The number of aromatic nitrogens is 4. The zero-order valence-corrected chi connectivity index (χ0v) is 11.3. The quantitative estimate of drug-likeness (QED) is 0.717. The van der Waals surface area contributed by atoms with E-state index in [1.54, 1.807) is 10.7 Å². The van der Waals surface area contributed by atoms with Gasteiger partial charge in [-0.1, -0.05) is 31.3 Å². The molecule has 0 aromatic carbocycles. The number of hydrogen-bond acceptors (Lipinski definition) is 5. The highest BCUT2D eigenvalue weighted by molar-refractivity contribution is 7.16. The Balaban J connectivity index is 2.23. The van der Waals surface area contributed by atoms with Gasteiger partial charge in [0, 0.05) is 12.1 Å². The highest BCUT2D eigenvalue weighted by Crippen LogP contribution is 2.27. The van der Waals surface area contributed by atoms with Crippen molar-refractivity contribution in [2.75, 3.05) is 0 Å². The average Bonchev–Trinajstić information content (AvgIpc) is 2.96. The monoisotopic (exact) mass is 269 g/mol. The van der Waals surface area contributed by atoms with Crippen LogP contribution in [0.1, 0.15) is 30.5 Å². The van der Waals surface area contributed by atoms with Crippen LogP contribution in [-0.4, -0.2) is 19.6 Å². The van der Waals surface area contributed by atoms with E-state index < -0.39 is 0 Å². The van der Waals surface area contributed by atoms with Gasteiger partial charge in [0.25, 0.3) is 0 Å². The molecule has 0 amide bonds. The van der Waals surface area contributed by atoms with E-state index in [9.17, 15) is 5.26 Å². The normalized spacial score (nSPS) is 11.1. The maximum Gasteiger partial charge on any atom is 0.214 e. The van der Waals surface area contributed by atoms with Gasteiger partial charge in [0.1, 0.15) is 16.8 Å². The fourth-order valence-corrected chi connectivity index (χ4v) is 2.68. The van der Waals surface area contributed by atoms with E-state index in [2.05, 4.69) is 35.0 Å². The molecule has 94 valence electrons. The van der Waals surface area contributed by atoms with Crippen molar-refractivity contribution >= 4 is 16.3 Å². The van der Waals surface area contributed by atoms with Gasteiger partial charge in [0.05, 0.1) is 5.69 Å². The van der Waals surface area contributed by atoms with Crippen molar-refractivity contribution in [1.29, 1.82) is 5.26 Å². The second-order valence-electron chi connectivity index (χ2n) is 4.43. The van der Waals surface area contributed by atoms with Crippen molar-refractivity contribution in [1.82, 2.24) is 19.6 Å². The van der Waals surface area contributed by atoms with E-state index >= 15 is 0 Å². The van der Waals surface area contributed by atoms with E-state index in [0.29, 0.717) is 23.0 Å². The van der Waals surface area contributed by atoms with E-state index in [1.807, 2.05) is 18.2 Å². The number of rotatable bonds is 2. The van der Waals surface area contributed by atoms with Crippen molar-refractivity contribution in [2.45, 2.75) is 19.8 Å². The lowest BCUT2D eigenvalue weighted by atomic mass is 10.2. The fraction of sp³-hybridized carbons (Fsp3) is 0.231. The standard InChI is InChI=1S/C13H11N5S/c1-8(2)12-17-18-10(7-14)11(16-13(18)19-12)9-5-3-4-6-15-9/h3-6,8H,1-2H3. The zero-order valence-electron chi connectivity index (χ0n) is 10.5. The molecule has 3 aromatic rings. The molecule has 0 bridgehead atoms. The van der Waals surface area contributed by atoms with Crippen molar-refractivity contribution in [3.63, 3.8) is 0 Å². The Morgan fingerprint density at radius 3 is 2.84 bits per heavy atom. The first-order chi connectivity index (χ1) is 9.20. The van der Waals surface area contributed by atoms with Crippen LogP contribution in [0.3, 0.4) is 0 Å². The Morgan fingerprint density at radius 1 is 1.37 bits per heavy atom. The summed E-state index contributed by atoms with van der Waals surface area (Å²) in [6.45, 7) is 4.15. The summed E-state index contributed by atoms with van der Waals surface area (Å²) in [7, 11) is 0. The van der Waals surface area contributed by atoms with Crippen LogP contribution < -0.4 is 0 Å². The van der Waals surface area contributed by atoms with Gasteiger partial charge in [0.2, 0.25) is 4.96 Å². The highest BCUT2D eigenvalue weighted by Gasteiger charge is 2.19. The fourth-order valence-electron chi connectivity index (χ4n) is 1.78. The molecule has 0 atom stereocenters. The summed E-state index contributed by atoms with van der Waals surface area (Å²) in [5.41, 5.74) is 1.73. The van der Waals surface area contributed by atoms with Crippen LogP contribution in [-0.2, 0) is 0 Å². The predicted octanol–water partition coefficient (Wildman–Crippen LogP) is 2.85. The van der Waals surface area contributed by atoms with Crippen molar-refractivity contribution < 1.29 is 0 Å². The summed E-state index contributed by atoms with van der Waals surface area (Å²) in [6.07, 6.45) is 1.69. The third kappa shape index (κ3) is 1.88. The maximum atomic E-state index is 9.34. The van der Waals surface area contributed by atoms with Crippen LogP contribution in [0.25, 0.3) is 16.3 Å². The van der Waals surface area contributed by atoms with Crippen LogP contribution in [0.15, 0.2) is 24.4 Å². The van der Waals surface area contributed by atoms with Crippen LogP contribution in [0.5, 0.6) is 0 Å². The molecule has 3 heterocycles. The Kier molecular flexibility index (Phi) is 2.76. The van der Waals surface area contributed by atoms with Gasteiger partial charge in [0.15, 0.2) is 5.69 Å². The summed E-state index contributed by atoms with van der Waals surface area (Å²) in [4.78, 5) is 9.47. The first kappa shape index (κ1) is 11.8. The molecule has 0 aliphatic rings. The minimum Gasteiger partial charge on any atom is -0.255 e. The van der Waals surface area contributed by atoms with Gasteiger partial charge in [-0.2, -0.15) is 14.9 Å². The lowest BCUT2D eigenvalue weighted by Gasteiger charge is -1.97. The van der Waals surface area contributed by atoms with Crippen LogP contribution in [0.4, 0.5) is 0 Å². The Hall–Kier alpha value is -2.26. The van der Waals surface area contributed by atoms with Crippen molar-refractivity contribution in [3.05, 3.63) is 35.1 Å². The van der Waals surface area contributed by atoms with E-state index in [-0.39, 0.29) is 0 Å².